The second kappa shape index (κ2) is 7.17. The van der Waals surface area contributed by atoms with Gasteiger partial charge in [-0.15, -0.1) is 0 Å². The summed E-state index contributed by atoms with van der Waals surface area (Å²) < 4.78 is 30.2. The average Bonchev–Trinajstić information content (AvgIpc) is 3.02. The van der Waals surface area contributed by atoms with Gasteiger partial charge in [0.15, 0.2) is 16.6 Å². The number of hydrogen-bond donors (Lipinski definition) is 1. The maximum absolute atomic E-state index is 12.8. The van der Waals surface area contributed by atoms with Crippen molar-refractivity contribution in [1.82, 2.24) is 4.98 Å². The lowest BCUT2D eigenvalue weighted by Gasteiger charge is -2.17. The minimum Gasteiger partial charge on any atom is -0.493 e. The van der Waals surface area contributed by atoms with Crippen molar-refractivity contribution >= 4 is 32.6 Å². The molecule has 26 heavy (non-hydrogen) atoms. The quantitative estimate of drug-likeness (QED) is 0.739. The van der Waals surface area contributed by atoms with Crippen LogP contribution in [0.25, 0.3) is 10.2 Å². The second-order valence-corrected chi connectivity index (χ2v) is 6.61. The number of thiazole rings is 1. The third kappa shape index (κ3) is 3.70. The molecule has 1 N–H and O–H groups in total. The normalized spacial score (nSPS) is 12.8. The molecule has 1 aliphatic rings. The highest BCUT2D eigenvalue weighted by molar-refractivity contribution is 7.22. The number of carbonyl (C=O) groups is 1. The van der Waals surface area contributed by atoms with Crippen LogP contribution in [0.1, 0.15) is 6.42 Å². The summed E-state index contributed by atoms with van der Waals surface area (Å²) in [5.41, 5.74) is 0.747. The number of hydrogen-bond acceptors (Lipinski definition) is 6. The summed E-state index contributed by atoms with van der Waals surface area (Å²) in [4.78, 5) is 16.5. The lowest BCUT2D eigenvalue weighted by atomic mass is 10.3. The minimum atomic E-state index is -0.330. The number of ether oxygens (including phenoxy) is 3. The molecule has 0 fully saturated rings. The van der Waals surface area contributed by atoms with E-state index < -0.39 is 0 Å². The maximum Gasteiger partial charge on any atom is 0.229 e. The lowest BCUT2D eigenvalue weighted by molar-refractivity contribution is -0.116. The lowest BCUT2D eigenvalue weighted by Crippen LogP contribution is -2.15. The van der Waals surface area contributed by atoms with Gasteiger partial charge in [0.2, 0.25) is 5.91 Å². The smallest absolute Gasteiger partial charge is 0.229 e. The average molecular weight is 374 g/mol. The third-order valence-corrected chi connectivity index (χ3v) is 4.64. The van der Waals surface area contributed by atoms with Gasteiger partial charge in [-0.2, -0.15) is 0 Å². The standard InChI is InChI=1S/C18H15FN2O4S/c19-11-1-3-12(4-2-11)23-6-5-17(22)21-18-20-13-9-14-15(10-16(13)26-18)25-8-7-24-14/h1-4,9-10H,5-8H2,(H,20,21,22). The molecule has 0 spiro atoms. The fourth-order valence-corrected chi connectivity index (χ4v) is 3.38. The van der Waals surface area contributed by atoms with E-state index in [0.29, 0.717) is 35.6 Å². The van der Waals surface area contributed by atoms with Crippen molar-refractivity contribution in [3.8, 4) is 17.2 Å². The van der Waals surface area contributed by atoms with E-state index in [1.54, 1.807) is 0 Å². The number of amides is 1. The Labute approximate surface area is 152 Å². The molecule has 0 aliphatic carbocycles. The number of carbonyl (C=O) groups excluding carboxylic acids is 1. The van der Waals surface area contributed by atoms with Gasteiger partial charge in [-0.25, -0.2) is 9.37 Å². The summed E-state index contributed by atoms with van der Waals surface area (Å²) >= 11 is 1.37. The Morgan fingerprint density at radius 3 is 2.69 bits per heavy atom. The van der Waals surface area contributed by atoms with E-state index in [4.69, 9.17) is 14.2 Å². The summed E-state index contributed by atoms with van der Waals surface area (Å²) in [6.45, 7) is 1.23. The van der Waals surface area contributed by atoms with Gasteiger partial charge < -0.3 is 19.5 Å². The Hall–Kier alpha value is -2.87. The van der Waals surface area contributed by atoms with E-state index >= 15 is 0 Å². The Balaban J connectivity index is 1.35. The van der Waals surface area contributed by atoms with Crippen molar-refractivity contribution in [1.29, 1.82) is 0 Å². The summed E-state index contributed by atoms with van der Waals surface area (Å²) in [6.07, 6.45) is 0.163. The van der Waals surface area contributed by atoms with Gasteiger partial charge in [0.25, 0.3) is 0 Å². The molecule has 0 saturated carbocycles. The molecule has 8 heteroatoms. The number of anilines is 1. The van der Waals surface area contributed by atoms with E-state index in [-0.39, 0.29) is 24.8 Å². The Morgan fingerprint density at radius 1 is 1.19 bits per heavy atom. The van der Waals surface area contributed by atoms with Crippen LogP contribution in [0.5, 0.6) is 17.2 Å². The SMILES string of the molecule is O=C(CCOc1ccc(F)cc1)Nc1nc2cc3c(cc2s1)OCCO3. The van der Waals surface area contributed by atoms with Crippen molar-refractivity contribution in [3.63, 3.8) is 0 Å². The number of nitrogens with one attached hydrogen (secondary N) is 1. The molecule has 1 aliphatic heterocycles. The summed E-state index contributed by atoms with van der Waals surface area (Å²) in [6, 6.07) is 9.34. The Kier molecular flexibility index (Phi) is 4.57. The molecule has 6 nitrogen and oxygen atoms in total. The molecular weight excluding hydrogens is 359 g/mol. The predicted molar refractivity (Wildman–Crippen MR) is 95.8 cm³/mol. The fraction of sp³-hybridized carbons (Fsp3) is 0.222. The molecule has 134 valence electrons. The van der Waals surface area contributed by atoms with Gasteiger partial charge in [-0.3, -0.25) is 4.79 Å². The summed E-state index contributed by atoms with van der Waals surface area (Å²) in [7, 11) is 0. The molecule has 0 bridgehead atoms. The molecule has 0 saturated heterocycles. The molecule has 0 radical (unpaired) electrons. The van der Waals surface area contributed by atoms with Gasteiger partial charge in [0.05, 0.1) is 23.2 Å². The molecule has 0 unspecified atom stereocenters. The van der Waals surface area contributed by atoms with Crippen LogP contribution in [-0.4, -0.2) is 30.7 Å². The summed E-state index contributed by atoms with van der Waals surface area (Å²) in [5, 5.41) is 3.27. The number of aromatic nitrogens is 1. The first kappa shape index (κ1) is 16.6. The molecule has 0 atom stereocenters. The molecular formula is C18H15FN2O4S. The van der Waals surface area contributed by atoms with Gasteiger partial charge in [-0.05, 0) is 24.3 Å². The number of benzene rings is 2. The highest BCUT2D eigenvalue weighted by Crippen LogP contribution is 2.37. The van der Waals surface area contributed by atoms with Crippen LogP contribution in [0.3, 0.4) is 0 Å². The fourth-order valence-electron chi connectivity index (χ4n) is 2.49. The highest BCUT2D eigenvalue weighted by atomic mass is 32.1. The maximum atomic E-state index is 12.8. The van der Waals surface area contributed by atoms with Crippen molar-refractivity contribution in [2.75, 3.05) is 25.1 Å². The largest absolute Gasteiger partial charge is 0.493 e. The van der Waals surface area contributed by atoms with Crippen LogP contribution in [0, 0.1) is 5.82 Å². The van der Waals surface area contributed by atoms with Gasteiger partial charge >= 0.3 is 0 Å². The van der Waals surface area contributed by atoms with Crippen LogP contribution in [0.15, 0.2) is 36.4 Å². The first-order valence-corrected chi connectivity index (χ1v) is 8.87. The zero-order valence-corrected chi connectivity index (χ0v) is 14.5. The van der Waals surface area contributed by atoms with Crippen LogP contribution in [0.4, 0.5) is 9.52 Å². The van der Waals surface area contributed by atoms with Crippen molar-refractivity contribution < 1.29 is 23.4 Å². The van der Waals surface area contributed by atoms with Crippen molar-refractivity contribution in [3.05, 3.63) is 42.2 Å². The van der Waals surface area contributed by atoms with Gasteiger partial charge in [-0.1, -0.05) is 11.3 Å². The molecule has 3 aromatic rings. The second-order valence-electron chi connectivity index (χ2n) is 5.58. The number of nitrogens with zero attached hydrogens (tertiary/aromatic N) is 1. The minimum absolute atomic E-state index is 0.163. The molecule has 2 aromatic carbocycles. The van der Waals surface area contributed by atoms with E-state index in [0.717, 1.165) is 10.2 Å². The van der Waals surface area contributed by atoms with Crippen LogP contribution in [0.2, 0.25) is 0 Å². The van der Waals surface area contributed by atoms with E-state index in [1.165, 1.54) is 35.6 Å². The first-order chi connectivity index (χ1) is 12.7. The first-order valence-electron chi connectivity index (χ1n) is 8.06. The molecule has 4 rings (SSSR count). The predicted octanol–water partition coefficient (Wildman–Crippen LogP) is 3.61. The Morgan fingerprint density at radius 2 is 1.92 bits per heavy atom. The third-order valence-electron chi connectivity index (χ3n) is 3.71. The monoisotopic (exact) mass is 374 g/mol. The topological polar surface area (TPSA) is 69.7 Å². The van der Waals surface area contributed by atoms with Gasteiger partial charge in [0.1, 0.15) is 24.8 Å². The number of rotatable bonds is 5. The van der Waals surface area contributed by atoms with Gasteiger partial charge in [0, 0.05) is 12.1 Å². The molecule has 1 amide bonds. The highest BCUT2D eigenvalue weighted by Gasteiger charge is 2.16. The number of fused-ring (bicyclic) bond motifs is 2. The molecule has 1 aromatic heterocycles. The molecule has 2 heterocycles. The van der Waals surface area contributed by atoms with E-state index in [1.807, 2.05) is 12.1 Å². The van der Waals surface area contributed by atoms with E-state index in [9.17, 15) is 9.18 Å². The van der Waals surface area contributed by atoms with Crippen molar-refractivity contribution in [2.45, 2.75) is 6.42 Å². The zero-order chi connectivity index (χ0) is 17.9. The zero-order valence-electron chi connectivity index (χ0n) is 13.7. The number of halogens is 1. The van der Waals surface area contributed by atoms with E-state index in [2.05, 4.69) is 10.3 Å². The van der Waals surface area contributed by atoms with Crippen molar-refractivity contribution in [2.24, 2.45) is 0 Å². The Bertz CT molecular complexity index is 899. The summed E-state index contributed by atoms with van der Waals surface area (Å²) in [5.74, 6) is 1.34. The van der Waals surface area contributed by atoms with Crippen LogP contribution >= 0.6 is 11.3 Å². The van der Waals surface area contributed by atoms with Crippen LogP contribution < -0.4 is 19.5 Å². The van der Waals surface area contributed by atoms with Crippen LogP contribution in [-0.2, 0) is 4.79 Å².